The zero-order chi connectivity index (χ0) is 41.7. The van der Waals surface area contributed by atoms with Crippen LogP contribution in [0.1, 0.15) is 69.2 Å². The number of nitrogens with zero attached hydrogens (tertiary/aromatic N) is 4. The number of hydrogen-bond donors (Lipinski definition) is 4. The lowest BCUT2D eigenvalue weighted by Gasteiger charge is -2.39. The molecule has 5 N–H and O–H groups in total. The second-order valence-corrected chi connectivity index (χ2v) is 18.9. The molecule has 0 radical (unpaired) electrons. The second-order valence-electron chi connectivity index (χ2n) is 17.3. The van der Waals surface area contributed by atoms with E-state index in [1.807, 2.05) is 24.3 Å². The van der Waals surface area contributed by atoms with Crippen LogP contribution in [0, 0.1) is 11.3 Å². The Labute approximate surface area is 349 Å². The normalized spacial score (nSPS) is 17.9. The summed E-state index contributed by atoms with van der Waals surface area (Å²) in [5.41, 5.74) is 13.5. The molecule has 2 fully saturated rings. The third kappa shape index (κ3) is 10.6. The Balaban J connectivity index is 1.06. The van der Waals surface area contributed by atoms with Crippen molar-refractivity contribution < 1.29 is 22.7 Å². The molecule has 2 aromatic carbocycles. The number of carbonyl (C=O) groups is 1. The number of ether oxygens (including phenoxy) is 2. The molecule has 14 heteroatoms. The van der Waals surface area contributed by atoms with Gasteiger partial charge in [-0.25, -0.2) is 18.1 Å². The molecule has 2 aromatic heterocycles. The molecule has 2 aliphatic heterocycles. The maximum Gasteiger partial charge on any atom is 0.268 e. The smallest absolute Gasteiger partial charge is 0.268 e. The first-order valence-electron chi connectivity index (χ1n) is 20.8. The van der Waals surface area contributed by atoms with Crippen LogP contribution in [0.5, 0.6) is 11.5 Å². The minimum atomic E-state index is -4.29. The zero-order valence-electron chi connectivity index (χ0n) is 35.0. The Morgan fingerprint density at radius 2 is 1.85 bits per heavy atom. The summed E-state index contributed by atoms with van der Waals surface area (Å²) in [6.45, 7) is 15.6. The number of aromatic nitrogens is 2. The molecule has 13 nitrogen and oxygen atoms in total. The molecule has 0 spiro atoms. The monoisotopic (exact) mass is 824 g/mol. The topological polar surface area (TPSA) is 158 Å². The number of nitrogen functional groups attached to an aromatic ring is 1. The number of hydrogen-bond acceptors (Lipinski definition) is 11. The number of anilines is 3. The van der Waals surface area contributed by atoms with Crippen molar-refractivity contribution in [1.29, 1.82) is 0 Å². The number of H-pyrrole nitrogens is 1. The molecule has 1 aliphatic carbocycles. The standard InChI is InChI=1S/C45H60N8O5S/c1-31(51(4)5)6-7-34-27-45(2,3)16-12-35(34)30-52-18-20-53(21-19-52)36-8-10-39(42(25-36)58-37-24-33-13-17-47-43(33)49-29-37)44(54)50-59(55,56)38-9-11-41(40(46)26-38)48-28-32-14-22-57-23-15-32/h8-11,13,17,24-26,29,32,48H,1,6-7,12,14-16,18-23,27-28,30,46H2,2-5H3,(H,47,49)(H,50,54). The summed E-state index contributed by atoms with van der Waals surface area (Å²) >= 11 is 0. The predicted octanol–water partition coefficient (Wildman–Crippen LogP) is 7.38. The number of pyridine rings is 1. The summed E-state index contributed by atoms with van der Waals surface area (Å²) in [4.78, 5) is 28.2. The van der Waals surface area contributed by atoms with E-state index in [0.29, 0.717) is 35.0 Å². The highest BCUT2D eigenvalue weighted by atomic mass is 32.2. The molecule has 2 saturated heterocycles. The predicted molar refractivity (Wildman–Crippen MR) is 236 cm³/mol. The van der Waals surface area contributed by atoms with Gasteiger partial charge >= 0.3 is 0 Å². The van der Waals surface area contributed by atoms with Crippen molar-refractivity contribution in [2.75, 3.05) is 82.5 Å². The summed E-state index contributed by atoms with van der Waals surface area (Å²) in [5.74, 6) is 0.276. The van der Waals surface area contributed by atoms with Crippen LogP contribution in [0.4, 0.5) is 17.1 Å². The molecule has 59 heavy (non-hydrogen) atoms. The van der Waals surface area contributed by atoms with E-state index in [9.17, 15) is 13.2 Å². The lowest BCUT2D eigenvalue weighted by atomic mass is 9.73. The van der Waals surface area contributed by atoms with Crippen molar-refractivity contribution >= 4 is 44.0 Å². The minimum Gasteiger partial charge on any atom is -0.455 e. The number of carbonyl (C=O) groups excluding carboxylic acids is 1. The van der Waals surface area contributed by atoms with Crippen molar-refractivity contribution in [2.24, 2.45) is 11.3 Å². The Morgan fingerprint density at radius 3 is 2.59 bits per heavy atom. The van der Waals surface area contributed by atoms with Crippen LogP contribution < -0.4 is 25.4 Å². The summed E-state index contributed by atoms with van der Waals surface area (Å²) < 4.78 is 41.3. The van der Waals surface area contributed by atoms with E-state index in [-0.39, 0.29) is 21.9 Å². The molecular weight excluding hydrogens is 765 g/mol. The van der Waals surface area contributed by atoms with Gasteiger partial charge in [0, 0.05) is 95.6 Å². The van der Waals surface area contributed by atoms with Crippen molar-refractivity contribution in [3.8, 4) is 11.5 Å². The number of aromatic amines is 1. The molecule has 0 bridgehead atoms. The number of piperazine rings is 1. The van der Waals surface area contributed by atoms with Crippen LogP contribution in [0.25, 0.3) is 11.0 Å². The molecule has 0 unspecified atom stereocenters. The average Bonchev–Trinajstić information content (AvgIpc) is 3.69. The van der Waals surface area contributed by atoms with E-state index in [4.69, 9.17) is 15.2 Å². The highest BCUT2D eigenvalue weighted by Gasteiger charge is 2.29. The minimum absolute atomic E-state index is 0.0736. The fourth-order valence-electron chi connectivity index (χ4n) is 8.26. The molecule has 4 aromatic rings. The van der Waals surface area contributed by atoms with Crippen LogP contribution in [0.3, 0.4) is 0 Å². The van der Waals surface area contributed by atoms with Gasteiger partial charge in [0.2, 0.25) is 0 Å². The van der Waals surface area contributed by atoms with E-state index in [2.05, 4.69) is 69.2 Å². The number of amides is 1. The van der Waals surface area contributed by atoms with Gasteiger partial charge < -0.3 is 35.3 Å². The number of benzene rings is 2. The highest BCUT2D eigenvalue weighted by Crippen LogP contribution is 2.41. The zero-order valence-corrected chi connectivity index (χ0v) is 35.8. The first-order valence-corrected chi connectivity index (χ1v) is 22.3. The van der Waals surface area contributed by atoms with Gasteiger partial charge in [0.15, 0.2) is 0 Å². The summed E-state index contributed by atoms with van der Waals surface area (Å²) in [6, 6.07) is 13.5. The quantitative estimate of drug-likeness (QED) is 0.0701. The molecule has 0 saturated carbocycles. The Morgan fingerprint density at radius 1 is 1.07 bits per heavy atom. The number of sulfonamides is 1. The lowest BCUT2D eigenvalue weighted by Crippen LogP contribution is -2.47. The maximum absolute atomic E-state index is 13.9. The average molecular weight is 825 g/mol. The first kappa shape index (κ1) is 42.1. The number of allylic oxidation sites excluding steroid dienone is 2. The van der Waals surface area contributed by atoms with Gasteiger partial charge in [0.25, 0.3) is 15.9 Å². The third-order valence-corrected chi connectivity index (χ3v) is 13.4. The molecule has 4 heterocycles. The first-order chi connectivity index (χ1) is 28.2. The third-order valence-electron chi connectivity index (χ3n) is 12.1. The van der Waals surface area contributed by atoms with E-state index in [1.54, 1.807) is 35.7 Å². The van der Waals surface area contributed by atoms with Crippen molar-refractivity contribution in [1.82, 2.24) is 24.5 Å². The van der Waals surface area contributed by atoms with Crippen LogP contribution in [-0.2, 0) is 14.8 Å². The van der Waals surface area contributed by atoms with Gasteiger partial charge in [-0.2, -0.15) is 0 Å². The fourth-order valence-corrected chi connectivity index (χ4v) is 9.26. The second kappa shape index (κ2) is 18.1. The molecular formula is C45H60N8O5S. The SMILES string of the molecule is C=C(CCC1=C(CN2CCN(c3ccc(C(=O)NS(=O)(=O)c4ccc(NCC5CCOCC5)c(N)c4)c(Oc4cnc5[nH]ccc5c4)c3)CC2)CCC(C)(C)C1)N(C)C. The number of nitrogens with two attached hydrogens (primary N) is 1. The van der Waals surface area contributed by atoms with Crippen LogP contribution in [0.2, 0.25) is 0 Å². The van der Waals surface area contributed by atoms with Crippen LogP contribution >= 0.6 is 0 Å². The molecule has 7 rings (SSSR count). The Hall–Kier alpha value is -5.05. The van der Waals surface area contributed by atoms with Crippen molar-refractivity contribution in [3.05, 3.63) is 89.9 Å². The van der Waals surface area contributed by atoms with Crippen molar-refractivity contribution in [2.45, 2.75) is 63.7 Å². The number of nitrogens with one attached hydrogen (secondary N) is 3. The summed E-state index contributed by atoms with van der Waals surface area (Å²) in [5, 5.41) is 4.18. The van der Waals surface area contributed by atoms with Gasteiger partial charge in [-0.15, -0.1) is 0 Å². The summed E-state index contributed by atoms with van der Waals surface area (Å²) in [6.07, 6.45) is 10.8. The van der Waals surface area contributed by atoms with Crippen LogP contribution in [0.15, 0.2) is 89.2 Å². The van der Waals surface area contributed by atoms with E-state index in [1.165, 1.54) is 18.6 Å². The largest absolute Gasteiger partial charge is 0.455 e. The number of rotatable bonds is 15. The highest BCUT2D eigenvalue weighted by molar-refractivity contribution is 7.90. The van der Waals surface area contributed by atoms with E-state index >= 15 is 0 Å². The summed E-state index contributed by atoms with van der Waals surface area (Å²) in [7, 11) is -0.159. The van der Waals surface area contributed by atoms with Crippen LogP contribution in [-0.4, -0.2) is 101 Å². The molecule has 1 amide bonds. The van der Waals surface area contributed by atoms with Crippen molar-refractivity contribution in [3.63, 3.8) is 0 Å². The maximum atomic E-state index is 13.9. The number of fused-ring (bicyclic) bond motifs is 1. The van der Waals surface area contributed by atoms with Gasteiger partial charge in [-0.05, 0) is 98.7 Å². The Kier molecular flexibility index (Phi) is 12.9. The van der Waals surface area contributed by atoms with Gasteiger partial charge in [0.05, 0.1) is 28.0 Å². The van der Waals surface area contributed by atoms with Gasteiger partial charge in [-0.1, -0.05) is 31.6 Å². The van der Waals surface area contributed by atoms with Gasteiger partial charge in [0.1, 0.15) is 17.1 Å². The van der Waals surface area contributed by atoms with E-state index in [0.717, 1.165) is 101 Å². The fraction of sp³-hybridized carbons (Fsp3) is 0.467. The molecule has 0 atom stereocenters. The van der Waals surface area contributed by atoms with Gasteiger partial charge in [-0.3, -0.25) is 9.69 Å². The van der Waals surface area contributed by atoms with E-state index < -0.39 is 15.9 Å². The molecule has 316 valence electrons. The molecule has 3 aliphatic rings. The lowest BCUT2D eigenvalue weighted by molar-refractivity contribution is 0.0699. The Bertz CT molecular complexity index is 2290.